The van der Waals surface area contributed by atoms with Crippen molar-refractivity contribution in [2.45, 2.75) is 71.0 Å². The molecule has 3 N–H and O–H groups in total. The van der Waals surface area contributed by atoms with E-state index in [0.29, 0.717) is 18.3 Å². The SMILES string of the molecule is CC(C)CC(O)C=C[C@@H]1CC[C@@H](O)[C@@H]1CCC=CCCC(=O)O. The van der Waals surface area contributed by atoms with Gasteiger partial charge in [-0.15, -0.1) is 0 Å². The van der Waals surface area contributed by atoms with E-state index >= 15 is 0 Å². The van der Waals surface area contributed by atoms with Crippen molar-refractivity contribution in [2.75, 3.05) is 0 Å². The summed E-state index contributed by atoms with van der Waals surface area (Å²) in [6.45, 7) is 4.19. The molecule has 1 saturated carbocycles. The maximum atomic E-state index is 10.4. The molecule has 1 aliphatic carbocycles. The second kappa shape index (κ2) is 10.6. The van der Waals surface area contributed by atoms with Crippen LogP contribution in [0.4, 0.5) is 0 Å². The number of aliphatic hydroxyl groups is 2. The van der Waals surface area contributed by atoms with E-state index in [9.17, 15) is 15.0 Å². The highest BCUT2D eigenvalue weighted by Crippen LogP contribution is 2.36. The fourth-order valence-electron chi connectivity index (χ4n) is 3.29. The summed E-state index contributed by atoms with van der Waals surface area (Å²) in [5, 5.41) is 28.7. The highest BCUT2D eigenvalue weighted by atomic mass is 16.4. The highest BCUT2D eigenvalue weighted by Gasteiger charge is 2.32. The molecule has 0 heterocycles. The number of rotatable bonds is 10. The van der Waals surface area contributed by atoms with Crippen molar-refractivity contribution in [2.24, 2.45) is 17.8 Å². The van der Waals surface area contributed by atoms with Gasteiger partial charge in [-0.3, -0.25) is 4.79 Å². The van der Waals surface area contributed by atoms with Gasteiger partial charge in [0.1, 0.15) is 0 Å². The Morgan fingerprint density at radius 1 is 1.22 bits per heavy atom. The fourth-order valence-corrected chi connectivity index (χ4v) is 3.29. The number of carboxylic acids is 1. The Morgan fingerprint density at radius 3 is 2.57 bits per heavy atom. The van der Waals surface area contributed by atoms with Crippen LogP contribution in [-0.4, -0.2) is 33.5 Å². The molecule has 0 aromatic heterocycles. The molecule has 1 unspecified atom stereocenters. The van der Waals surface area contributed by atoms with Gasteiger partial charge in [0, 0.05) is 6.42 Å². The normalized spacial score (nSPS) is 26.6. The van der Waals surface area contributed by atoms with Crippen LogP contribution in [0.25, 0.3) is 0 Å². The lowest BCUT2D eigenvalue weighted by Crippen LogP contribution is -2.18. The van der Waals surface area contributed by atoms with Crippen molar-refractivity contribution in [3.05, 3.63) is 24.3 Å². The molecule has 1 aliphatic rings. The topological polar surface area (TPSA) is 77.8 Å². The number of allylic oxidation sites excluding steroid dienone is 3. The van der Waals surface area contributed by atoms with Gasteiger partial charge in [-0.1, -0.05) is 38.2 Å². The molecular formula is C19H32O4. The predicted molar refractivity (Wildman–Crippen MR) is 92.1 cm³/mol. The summed E-state index contributed by atoms with van der Waals surface area (Å²) < 4.78 is 0. The van der Waals surface area contributed by atoms with Crippen molar-refractivity contribution >= 4 is 5.97 Å². The number of carbonyl (C=O) groups is 1. The first-order chi connectivity index (χ1) is 10.9. The van der Waals surface area contributed by atoms with Gasteiger partial charge >= 0.3 is 5.97 Å². The summed E-state index contributed by atoms with van der Waals surface area (Å²) in [6.07, 6.45) is 12.3. The highest BCUT2D eigenvalue weighted by molar-refractivity contribution is 5.66. The average molecular weight is 324 g/mol. The number of hydrogen-bond acceptors (Lipinski definition) is 3. The number of hydrogen-bond donors (Lipinski definition) is 3. The van der Waals surface area contributed by atoms with Crippen molar-refractivity contribution < 1.29 is 20.1 Å². The standard InChI is InChI=1S/C19H32O4/c1-14(2)13-16(20)11-9-15-10-12-18(21)17(15)7-5-3-4-6-8-19(22)23/h3-4,9,11,14-18,20-21H,5-8,10,12-13H2,1-2H3,(H,22,23)/t15-,16?,17-,18-/m1/s1. The van der Waals surface area contributed by atoms with E-state index < -0.39 is 12.1 Å². The van der Waals surface area contributed by atoms with E-state index in [1.165, 1.54) is 0 Å². The van der Waals surface area contributed by atoms with Gasteiger partial charge in [0.2, 0.25) is 0 Å². The van der Waals surface area contributed by atoms with Gasteiger partial charge in [0.05, 0.1) is 12.2 Å². The van der Waals surface area contributed by atoms with Crippen molar-refractivity contribution in [1.82, 2.24) is 0 Å². The Kier molecular flexibility index (Phi) is 9.19. The zero-order valence-corrected chi connectivity index (χ0v) is 14.4. The number of aliphatic carboxylic acids is 1. The Labute approximate surface area is 139 Å². The Morgan fingerprint density at radius 2 is 1.91 bits per heavy atom. The number of aliphatic hydroxyl groups excluding tert-OH is 2. The molecule has 23 heavy (non-hydrogen) atoms. The average Bonchev–Trinajstić information content (AvgIpc) is 2.80. The van der Waals surface area contributed by atoms with E-state index in [0.717, 1.165) is 32.1 Å². The Balaban J connectivity index is 2.39. The molecule has 1 fully saturated rings. The minimum absolute atomic E-state index is 0.168. The zero-order chi connectivity index (χ0) is 17.2. The van der Waals surface area contributed by atoms with E-state index in [-0.39, 0.29) is 18.4 Å². The second-order valence-electron chi connectivity index (χ2n) is 7.04. The first-order valence-electron chi connectivity index (χ1n) is 8.81. The quantitative estimate of drug-likeness (QED) is 0.537. The van der Waals surface area contributed by atoms with Gasteiger partial charge in [0.25, 0.3) is 0 Å². The first kappa shape index (κ1) is 19.9. The Bertz CT molecular complexity index is 400. The molecule has 0 bridgehead atoms. The third kappa shape index (κ3) is 8.33. The lowest BCUT2D eigenvalue weighted by Gasteiger charge is -2.19. The van der Waals surface area contributed by atoms with Crippen molar-refractivity contribution in [1.29, 1.82) is 0 Å². The lowest BCUT2D eigenvalue weighted by atomic mass is 9.89. The molecule has 4 heteroatoms. The van der Waals surface area contributed by atoms with Crippen LogP contribution >= 0.6 is 0 Å². The zero-order valence-electron chi connectivity index (χ0n) is 14.4. The molecule has 132 valence electrons. The van der Waals surface area contributed by atoms with Gasteiger partial charge in [-0.2, -0.15) is 0 Å². The van der Waals surface area contributed by atoms with E-state index in [2.05, 4.69) is 19.9 Å². The maximum Gasteiger partial charge on any atom is 0.303 e. The molecule has 0 aromatic carbocycles. The van der Waals surface area contributed by atoms with Gasteiger partial charge in [-0.05, 0) is 56.3 Å². The van der Waals surface area contributed by atoms with Crippen LogP contribution in [-0.2, 0) is 4.79 Å². The first-order valence-corrected chi connectivity index (χ1v) is 8.81. The van der Waals surface area contributed by atoms with Crippen LogP contribution in [0.15, 0.2) is 24.3 Å². The van der Waals surface area contributed by atoms with Crippen molar-refractivity contribution in [3.63, 3.8) is 0 Å². The monoisotopic (exact) mass is 324 g/mol. The molecule has 0 amide bonds. The molecule has 4 atom stereocenters. The van der Waals surface area contributed by atoms with Crippen molar-refractivity contribution in [3.8, 4) is 0 Å². The Hall–Kier alpha value is -1.13. The lowest BCUT2D eigenvalue weighted by molar-refractivity contribution is -0.136. The van der Waals surface area contributed by atoms with Crippen LogP contribution < -0.4 is 0 Å². The van der Waals surface area contributed by atoms with Gasteiger partial charge < -0.3 is 15.3 Å². The molecule has 1 rings (SSSR count). The van der Waals surface area contributed by atoms with E-state index in [1.54, 1.807) is 0 Å². The van der Waals surface area contributed by atoms with Crippen LogP contribution in [0.2, 0.25) is 0 Å². The molecule has 0 saturated heterocycles. The second-order valence-corrected chi connectivity index (χ2v) is 7.04. The maximum absolute atomic E-state index is 10.4. The van der Waals surface area contributed by atoms with E-state index in [4.69, 9.17) is 5.11 Å². The van der Waals surface area contributed by atoms with Gasteiger partial charge in [-0.25, -0.2) is 0 Å². The third-order valence-corrected chi connectivity index (χ3v) is 4.49. The third-order valence-electron chi connectivity index (χ3n) is 4.49. The van der Waals surface area contributed by atoms with Crippen LogP contribution in [0.5, 0.6) is 0 Å². The minimum atomic E-state index is -0.772. The molecule has 0 aliphatic heterocycles. The van der Waals surface area contributed by atoms with E-state index in [1.807, 2.05) is 18.2 Å². The van der Waals surface area contributed by atoms with Gasteiger partial charge in [0.15, 0.2) is 0 Å². The van der Waals surface area contributed by atoms with Crippen LogP contribution in [0.3, 0.4) is 0 Å². The largest absolute Gasteiger partial charge is 0.481 e. The summed E-state index contributed by atoms with van der Waals surface area (Å²) in [5.74, 6) is 0.266. The fraction of sp³-hybridized carbons (Fsp3) is 0.737. The minimum Gasteiger partial charge on any atom is -0.481 e. The molecule has 0 aromatic rings. The summed E-state index contributed by atoms with van der Waals surface area (Å²) in [4.78, 5) is 10.4. The summed E-state index contributed by atoms with van der Waals surface area (Å²) >= 11 is 0. The molecule has 4 nitrogen and oxygen atoms in total. The van der Waals surface area contributed by atoms with Crippen LogP contribution in [0, 0.1) is 17.8 Å². The summed E-state index contributed by atoms with van der Waals surface area (Å²) in [5.41, 5.74) is 0. The number of carboxylic acid groups (broad SMARTS) is 1. The molecule has 0 spiro atoms. The van der Waals surface area contributed by atoms with Crippen LogP contribution in [0.1, 0.15) is 58.8 Å². The smallest absolute Gasteiger partial charge is 0.303 e. The molecule has 0 radical (unpaired) electrons. The summed E-state index contributed by atoms with van der Waals surface area (Å²) in [7, 11) is 0. The predicted octanol–water partition coefficient (Wildman–Crippen LogP) is 3.54. The summed E-state index contributed by atoms with van der Waals surface area (Å²) in [6, 6.07) is 0. The molecular weight excluding hydrogens is 292 g/mol.